The Morgan fingerprint density at radius 2 is 2.06 bits per heavy atom. The molecule has 1 aromatic heterocycles. The maximum absolute atomic E-state index is 12.2. The fraction of sp³-hybridized carbons (Fsp3) is 0.643. The summed E-state index contributed by atoms with van der Waals surface area (Å²) in [6.45, 7) is 8.26. The van der Waals surface area contributed by atoms with E-state index in [1.165, 1.54) is 0 Å². The van der Waals surface area contributed by atoms with Crippen LogP contribution in [0, 0.1) is 0 Å². The van der Waals surface area contributed by atoms with Crippen LogP contribution < -0.4 is 0 Å². The summed E-state index contributed by atoms with van der Waals surface area (Å²) in [6.07, 6.45) is 3.97. The first kappa shape index (κ1) is 14.4. The number of nitrogens with zero attached hydrogens (tertiary/aromatic N) is 1. The molecule has 0 saturated heterocycles. The Kier molecular flexibility index (Phi) is 5.31. The Bertz CT molecular complexity index is 356. The van der Waals surface area contributed by atoms with Crippen LogP contribution in [-0.4, -0.2) is 19.7 Å². The van der Waals surface area contributed by atoms with Gasteiger partial charge in [-0.25, -0.2) is 0 Å². The van der Waals surface area contributed by atoms with E-state index in [1.807, 2.05) is 45.2 Å². The van der Waals surface area contributed by atoms with Crippen LogP contribution in [0.1, 0.15) is 52.1 Å². The molecule has 1 rings (SSSR count). The molecule has 17 heavy (non-hydrogen) atoms. The van der Waals surface area contributed by atoms with Crippen LogP contribution in [0.3, 0.4) is 0 Å². The third-order valence-corrected chi connectivity index (χ3v) is 4.85. The fourth-order valence-electron chi connectivity index (χ4n) is 1.72. The van der Waals surface area contributed by atoms with Gasteiger partial charge in [-0.1, -0.05) is 19.4 Å². The minimum atomic E-state index is -0.809. The van der Waals surface area contributed by atoms with Crippen LogP contribution in [0.25, 0.3) is 0 Å². The summed E-state index contributed by atoms with van der Waals surface area (Å²) >= 11 is 0. The third-order valence-electron chi connectivity index (χ3n) is 2.78. The van der Waals surface area contributed by atoms with Gasteiger partial charge in [0.05, 0.1) is 0 Å². The minimum absolute atomic E-state index is 0.138. The number of aromatic nitrogens is 1. The standard InChI is InChI=1S/C14H23NOS/c1-5-8-12(11-17(16)14(2,3)4)13-9-6-7-10-15-13/h6-7,9-10,12H,5,8,11H2,1-4H3/t12?,17-/m1/s1. The van der Waals surface area contributed by atoms with Crippen molar-refractivity contribution in [2.24, 2.45) is 0 Å². The lowest BCUT2D eigenvalue weighted by Crippen LogP contribution is -2.27. The molecule has 0 aliphatic carbocycles. The van der Waals surface area contributed by atoms with Crippen LogP contribution in [0.2, 0.25) is 0 Å². The van der Waals surface area contributed by atoms with Crippen molar-refractivity contribution in [3.63, 3.8) is 0 Å². The summed E-state index contributed by atoms with van der Waals surface area (Å²) < 4.78 is 12.1. The molecule has 1 unspecified atom stereocenters. The van der Waals surface area contributed by atoms with Crippen LogP contribution in [0.5, 0.6) is 0 Å². The fourth-order valence-corrected chi connectivity index (χ4v) is 2.92. The van der Waals surface area contributed by atoms with E-state index in [1.54, 1.807) is 0 Å². The summed E-state index contributed by atoms with van der Waals surface area (Å²) in [5, 5.41) is 0. The Morgan fingerprint density at radius 3 is 2.53 bits per heavy atom. The van der Waals surface area contributed by atoms with Crippen LogP contribution in [-0.2, 0) is 10.8 Å². The van der Waals surface area contributed by atoms with E-state index in [0.29, 0.717) is 11.7 Å². The van der Waals surface area contributed by atoms with E-state index in [2.05, 4.69) is 11.9 Å². The topological polar surface area (TPSA) is 30.0 Å². The lowest BCUT2D eigenvalue weighted by Gasteiger charge is -2.22. The monoisotopic (exact) mass is 253 g/mol. The van der Waals surface area contributed by atoms with Crippen molar-refractivity contribution in [1.29, 1.82) is 0 Å². The number of rotatable bonds is 5. The van der Waals surface area contributed by atoms with Gasteiger partial charge in [-0.2, -0.15) is 0 Å². The van der Waals surface area contributed by atoms with Gasteiger partial charge < -0.3 is 0 Å². The van der Waals surface area contributed by atoms with Crippen LogP contribution >= 0.6 is 0 Å². The second-order valence-electron chi connectivity index (χ2n) is 5.36. The summed E-state index contributed by atoms with van der Waals surface area (Å²) in [5.74, 6) is 1.04. The molecule has 96 valence electrons. The first-order valence-electron chi connectivity index (χ1n) is 6.24. The molecule has 0 aliphatic rings. The molecular formula is C14H23NOS. The van der Waals surface area contributed by atoms with Crippen molar-refractivity contribution in [2.45, 2.75) is 51.2 Å². The molecule has 0 bridgehead atoms. The Hall–Kier alpha value is -0.700. The minimum Gasteiger partial charge on any atom is -0.261 e. The molecule has 1 aromatic rings. The molecule has 2 nitrogen and oxygen atoms in total. The summed E-state index contributed by atoms with van der Waals surface area (Å²) in [7, 11) is -0.809. The Morgan fingerprint density at radius 1 is 1.35 bits per heavy atom. The van der Waals surface area contributed by atoms with Gasteiger partial charge in [0.1, 0.15) is 0 Å². The van der Waals surface area contributed by atoms with Crippen molar-refractivity contribution < 1.29 is 4.21 Å². The number of pyridine rings is 1. The van der Waals surface area contributed by atoms with Crippen molar-refractivity contribution >= 4 is 10.8 Å². The zero-order valence-electron chi connectivity index (χ0n) is 11.3. The van der Waals surface area contributed by atoms with Gasteiger partial charge in [0, 0.05) is 39.1 Å². The van der Waals surface area contributed by atoms with Gasteiger partial charge >= 0.3 is 0 Å². The first-order chi connectivity index (χ1) is 7.95. The summed E-state index contributed by atoms with van der Waals surface area (Å²) in [6, 6.07) is 5.97. The SMILES string of the molecule is CCCC(C[S@@](=O)C(C)(C)C)c1ccccn1. The molecule has 1 heterocycles. The average molecular weight is 253 g/mol. The normalized spacial score (nSPS) is 15.5. The summed E-state index contributed by atoms with van der Waals surface area (Å²) in [4.78, 5) is 4.40. The quantitative estimate of drug-likeness (QED) is 0.803. The highest BCUT2D eigenvalue weighted by molar-refractivity contribution is 7.86. The molecular weight excluding hydrogens is 230 g/mol. The smallest absolute Gasteiger partial charge is 0.0443 e. The van der Waals surface area contributed by atoms with E-state index in [9.17, 15) is 4.21 Å². The predicted molar refractivity (Wildman–Crippen MR) is 74.6 cm³/mol. The molecule has 0 N–H and O–H groups in total. The Balaban J connectivity index is 2.78. The predicted octanol–water partition coefficient (Wildman–Crippen LogP) is 3.51. The van der Waals surface area contributed by atoms with E-state index >= 15 is 0 Å². The van der Waals surface area contributed by atoms with Gasteiger partial charge in [0.2, 0.25) is 0 Å². The maximum atomic E-state index is 12.2. The zero-order valence-corrected chi connectivity index (χ0v) is 12.1. The molecule has 0 radical (unpaired) electrons. The van der Waals surface area contributed by atoms with Gasteiger partial charge in [-0.15, -0.1) is 0 Å². The van der Waals surface area contributed by atoms with E-state index in [0.717, 1.165) is 18.5 Å². The molecule has 0 aromatic carbocycles. The zero-order chi connectivity index (χ0) is 12.9. The molecule has 3 heteroatoms. The molecule has 0 saturated carbocycles. The highest BCUT2D eigenvalue weighted by Gasteiger charge is 2.24. The summed E-state index contributed by atoms with van der Waals surface area (Å²) in [5.41, 5.74) is 1.08. The van der Waals surface area contributed by atoms with Crippen LogP contribution in [0.15, 0.2) is 24.4 Å². The maximum Gasteiger partial charge on any atom is 0.0443 e. The van der Waals surface area contributed by atoms with Crippen molar-refractivity contribution in [3.05, 3.63) is 30.1 Å². The van der Waals surface area contributed by atoms with Crippen molar-refractivity contribution in [1.82, 2.24) is 4.98 Å². The van der Waals surface area contributed by atoms with Crippen LogP contribution in [0.4, 0.5) is 0 Å². The number of hydrogen-bond acceptors (Lipinski definition) is 2. The van der Waals surface area contributed by atoms with E-state index in [-0.39, 0.29) is 4.75 Å². The van der Waals surface area contributed by atoms with Gasteiger partial charge in [0.15, 0.2) is 0 Å². The van der Waals surface area contributed by atoms with Gasteiger partial charge in [0.25, 0.3) is 0 Å². The molecule has 0 spiro atoms. The van der Waals surface area contributed by atoms with Gasteiger partial charge in [-0.3, -0.25) is 9.19 Å². The van der Waals surface area contributed by atoms with Gasteiger partial charge in [-0.05, 0) is 39.3 Å². The highest BCUT2D eigenvalue weighted by atomic mass is 32.2. The number of hydrogen-bond donors (Lipinski definition) is 0. The molecule has 0 fully saturated rings. The lowest BCUT2D eigenvalue weighted by molar-refractivity contribution is 0.614. The molecule has 0 aliphatic heterocycles. The second-order valence-corrected chi connectivity index (χ2v) is 7.61. The molecule has 2 atom stereocenters. The highest BCUT2D eigenvalue weighted by Crippen LogP contribution is 2.24. The third kappa shape index (κ3) is 4.58. The second kappa shape index (κ2) is 6.29. The van der Waals surface area contributed by atoms with E-state index < -0.39 is 10.8 Å². The molecule has 0 amide bonds. The average Bonchev–Trinajstić information content (AvgIpc) is 2.28. The van der Waals surface area contributed by atoms with Crippen molar-refractivity contribution in [3.8, 4) is 0 Å². The Labute approximate surface area is 107 Å². The largest absolute Gasteiger partial charge is 0.261 e. The van der Waals surface area contributed by atoms with E-state index in [4.69, 9.17) is 0 Å². The first-order valence-corrected chi connectivity index (χ1v) is 7.56. The van der Waals surface area contributed by atoms with Crippen molar-refractivity contribution in [2.75, 3.05) is 5.75 Å². The lowest BCUT2D eigenvalue weighted by atomic mass is 10.0.